The highest BCUT2D eigenvalue weighted by molar-refractivity contribution is 5.79. The Balaban J connectivity index is 1.42. The second-order valence-electron chi connectivity index (χ2n) is 7.61. The van der Waals surface area contributed by atoms with E-state index in [1.165, 1.54) is 11.1 Å². The fourth-order valence-electron chi connectivity index (χ4n) is 3.68. The molecule has 2 aliphatic heterocycles. The molecule has 2 amide bonds. The summed E-state index contributed by atoms with van der Waals surface area (Å²) >= 11 is 0. The van der Waals surface area contributed by atoms with Gasteiger partial charge in [0.25, 0.3) is 0 Å². The Morgan fingerprint density at radius 3 is 2.23 bits per heavy atom. The van der Waals surface area contributed by atoms with Crippen molar-refractivity contribution >= 4 is 11.8 Å². The SMILES string of the molecule is CC(C)NC(=O)CN1CCN(CC(=O)N2CCc3ccccc3C2)CC1. The van der Waals surface area contributed by atoms with Crippen LogP contribution in [0.15, 0.2) is 24.3 Å². The van der Waals surface area contributed by atoms with Gasteiger partial charge >= 0.3 is 0 Å². The van der Waals surface area contributed by atoms with Gasteiger partial charge in [-0.3, -0.25) is 19.4 Å². The van der Waals surface area contributed by atoms with Crippen molar-refractivity contribution in [1.82, 2.24) is 20.0 Å². The molecule has 0 bridgehead atoms. The zero-order valence-corrected chi connectivity index (χ0v) is 15.9. The lowest BCUT2D eigenvalue weighted by molar-refractivity contribution is -0.134. The van der Waals surface area contributed by atoms with E-state index >= 15 is 0 Å². The standard InChI is InChI=1S/C20H30N4O2/c1-16(2)21-19(25)14-22-9-11-23(12-10-22)15-20(26)24-8-7-17-5-3-4-6-18(17)13-24/h3-6,16H,7-15H2,1-2H3,(H,21,25). The van der Waals surface area contributed by atoms with Crippen molar-refractivity contribution in [3.8, 4) is 0 Å². The van der Waals surface area contributed by atoms with Crippen LogP contribution in [-0.4, -0.2) is 78.4 Å². The number of carbonyl (C=O) groups excluding carboxylic acids is 2. The summed E-state index contributed by atoms with van der Waals surface area (Å²) in [6.07, 6.45) is 0.945. The molecule has 0 aromatic heterocycles. The van der Waals surface area contributed by atoms with Gasteiger partial charge in [0.2, 0.25) is 11.8 Å². The highest BCUT2D eigenvalue weighted by atomic mass is 16.2. The van der Waals surface area contributed by atoms with E-state index < -0.39 is 0 Å². The average Bonchev–Trinajstić information content (AvgIpc) is 2.62. The minimum absolute atomic E-state index is 0.0801. The molecule has 0 atom stereocenters. The van der Waals surface area contributed by atoms with E-state index in [1.807, 2.05) is 24.8 Å². The number of amides is 2. The second-order valence-corrected chi connectivity index (χ2v) is 7.61. The van der Waals surface area contributed by atoms with E-state index in [9.17, 15) is 9.59 Å². The van der Waals surface area contributed by atoms with Crippen molar-refractivity contribution in [2.45, 2.75) is 32.9 Å². The van der Waals surface area contributed by atoms with Gasteiger partial charge in [-0.15, -0.1) is 0 Å². The molecule has 0 radical (unpaired) electrons. The number of nitrogens with zero attached hydrogens (tertiary/aromatic N) is 3. The quantitative estimate of drug-likeness (QED) is 0.842. The van der Waals surface area contributed by atoms with Crippen LogP contribution in [0.2, 0.25) is 0 Å². The summed E-state index contributed by atoms with van der Waals surface area (Å²) in [5, 5.41) is 2.93. The Labute approximate surface area is 156 Å². The second kappa shape index (κ2) is 8.64. The number of carbonyl (C=O) groups is 2. The molecular weight excluding hydrogens is 328 g/mol. The monoisotopic (exact) mass is 358 g/mol. The van der Waals surface area contributed by atoms with Crippen molar-refractivity contribution in [3.63, 3.8) is 0 Å². The minimum atomic E-state index is 0.0801. The van der Waals surface area contributed by atoms with Crippen LogP contribution < -0.4 is 5.32 Å². The van der Waals surface area contributed by atoms with E-state index in [2.05, 4.69) is 33.3 Å². The van der Waals surface area contributed by atoms with Gasteiger partial charge in [0.15, 0.2) is 0 Å². The Kier molecular flexibility index (Phi) is 6.27. The van der Waals surface area contributed by atoms with Gasteiger partial charge in [-0.2, -0.15) is 0 Å². The van der Waals surface area contributed by atoms with Gasteiger partial charge in [-0.1, -0.05) is 24.3 Å². The van der Waals surface area contributed by atoms with Crippen molar-refractivity contribution in [2.24, 2.45) is 0 Å². The summed E-state index contributed by atoms with van der Waals surface area (Å²) in [6.45, 7) is 9.76. The summed E-state index contributed by atoms with van der Waals surface area (Å²) in [5.41, 5.74) is 2.64. The molecule has 1 fully saturated rings. The van der Waals surface area contributed by atoms with Crippen LogP contribution in [0.4, 0.5) is 0 Å². The number of nitrogens with one attached hydrogen (secondary N) is 1. The maximum Gasteiger partial charge on any atom is 0.237 e. The third-order valence-electron chi connectivity index (χ3n) is 5.12. The summed E-state index contributed by atoms with van der Waals surface area (Å²) in [4.78, 5) is 30.9. The Morgan fingerprint density at radius 2 is 1.58 bits per heavy atom. The van der Waals surface area contributed by atoms with Gasteiger partial charge in [-0.05, 0) is 31.4 Å². The van der Waals surface area contributed by atoms with E-state index in [-0.39, 0.29) is 17.9 Å². The zero-order valence-electron chi connectivity index (χ0n) is 15.9. The van der Waals surface area contributed by atoms with Crippen molar-refractivity contribution in [3.05, 3.63) is 35.4 Å². The molecule has 1 N–H and O–H groups in total. The minimum Gasteiger partial charge on any atom is -0.353 e. The predicted octanol–water partition coefficient (Wildman–Crippen LogP) is 0.714. The molecule has 2 heterocycles. The summed E-state index contributed by atoms with van der Waals surface area (Å²) < 4.78 is 0. The maximum atomic E-state index is 12.7. The van der Waals surface area contributed by atoms with E-state index in [4.69, 9.17) is 0 Å². The first-order valence-electron chi connectivity index (χ1n) is 9.60. The highest BCUT2D eigenvalue weighted by Gasteiger charge is 2.25. The Bertz CT molecular complexity index is 638. The number of piperazine rings is 1. The topological polar surface area (TPSA) is 55.9 Å². The van der Waals surface area contributed by atoms with Crippen LogP contribution in [0.25, 0.3) is 0 Å². The van der Waals surface area contributed by atoms with Gasteiger partial charge < -0.3 is 10.2 Å². The smallest absolute Gasteiger partial charge is 0.237 e. The number of fused-ring (bicyclic) bond motifs is 1. The van der Waals surface area contributed by atoms with Gasteiger partial charge in [0.05, 0.1) is 13.1 Å². The lowest BCUT2D eigenvalue weighted by atomic mass is 10.00. The molecule has 1 saturated heterocycles. The van der Waals surface area contributed by atoms with Crippen LogP contribution in [0.1, 0.15) is 25.0 Å². The Hall–Kier alpha value is -1.92. The highest BCUT2D eigenvalue weighted by Crippen LogP contribution is 2.18. The summed E-state index contributed by atoms with van der Waals surface area (Å²) in [7, 11) is 0. The fraction of sp³-hybridized carbons (Fsp3) is 0.600. The summed E-state index contributed by atoms with van der Waals surface area (Å²) in [6, 6.07) is 8.57. The lowest BCUT2D eigenvalue weighted by Gasteiger charge is -2.36. The molecule has 0 aliphatic carbocycles. The first-order valence-corrected chi connectivity index (χ1v) is 9.60. The number of hydrogen-bond acceptors (Lipinski definition) is 4. The van der Waals surface area contributed by atoms with Gasteiger partial charge in [0.1, 0.15) is 0 Å². The van der Waals surface area contributed by atoms with Crippen LogP contribution in [0.5, 0.6) is 0 Å². The number of rotatable bonds is 5. The van der Waals surface area contributed by atoms with Crippen LogP contribution in [0, 0.1) is 0 Å². The summed E-state index contributed by atoms with van der Waals surface area (Å²) in [5.74, 6) is 0.294. The third-order valence-corrected chi connectivity index (χ3v) is 5.12. The molecule has 6 nitrogen and oxygen atoms in total. The number of hydrogen-bond donors (Lipinski definition) is 1. The average molecular weight is 358 g/mol. The first kappa shape index (κ1) is 18.9. The lowest BCUT2D eigenvalue weighted by Crippen LogP contribution is -2.52. The maximum absolute atomic E-state index is 12.7. The van der Waals surface area contributed by atoms with Gasteiger partial charge in [-0.25, -0.2) is 0 Å². The van der Waals surface area contributed by atoms with E-state index in [0.29, 0.717) is 13.1 Å². The Morgan fingerprint density at radius 1 is 0.962 bits per heavy atom. The molecule has 3 rings (SSSR count). The molecule has 6 heteroatoms. The van der Waals surface area contributed by atoms with Crippen LogP contribution >= 0.6 is 0 Å². The first-order chi connectivity index (χ1) is 12.5. The molecule has 142 valence electrons. The molecular formula is C20H30N4O2. The van der Waals surface area contributed by atoms with E-state index in [1.54, 1.807) is 0 Å². The molecule has 1 aromatic carbocycles. The predicted molar refractivity (Wildman–Crippen MR) is 102 cm³/mol. The van der Waals surface area contributed by atoms with Crippen molar-refractivity contribution < 1.29 is 9.59 Å². The molecule has 0 saturated carbocycles. The molecule has 0 unspecified atom stereocenters. The molecule has 1 aromatic rings. The molecule has 26 heavy (non-hydrogen) atoms. The number of benzene rings is 1. The largest absolute Gasteiger partial charge is 0.353 e. The van der Waals surface area contributed by atoms with Crippen molar-refractivity contribution in [2.75, 3.05) is 45.8 Å². The van der Waals surface area contributed by atoms with E-state index in [0.717, 1.165) is 45.7 Å². The third kappa shape index (κ3) is 5.05. The van der Waals surface area contributed by atoms with Crippen LogP contribution in [0.3, 0.4) is 0 Å². The molecule has 0 spiro atoms. The van der Waals surface area contributed by atoms with Crippen LogP contribution in [-0.2, 0) is 22.6 Å². The molecule has 2 aliphatic rings. The van der Waals surface area contributed by atoms with Gasteiger partial charge in [0, 0.05) is 45.3 Å². The fourth-order valence-corrected chi connectivity index (χ4v) is 3.68. The zero-order chi connectivity index (χ0) is 18.5. The normalized spacial score (nSPS) is 18.7. The van der Waals surface area contributed by atoms with Crippen molar-refractivity contribution in [1.29, 1.82) is 0 Å².